The molecule has 2 nitrogen and oxygen atoms in total. The van der Waals surface area contributed by atoms with Crippen LogP contribution < -0.4 is 5.32 Å². The zero-order chi connectivity index (χ0) is 11.8. The first-order valence-electron chi connectivity index (χ1n) is 6.73. The first kappa shape index (κ1) is 13.7. The minimum Gasteiger partial charge on any atom is -0.378 e. The van der Waals surface area contributed by atoms with Crippen LogP contribution in [0.5, 0.6) is 0 Å². The normalized spacial score (nSPS) is 26.9. The zero-order valence-electron chi connectivity index (χ0n) is 10.9. The summed E-state index contributed by atoms with van der Waals surface area (Å²) in [7, 11) is 0. The van der Waals surface area contributed by atoms with Crippen molar-refractivity contribution in [2.45, 2.75) is 58.1 Å². The number of nitrogens with one attached hydrogen (secondary N) is 1. The van der Waals surface area contributed by atoms with Gasteiger partial charge in [-0.2, -0.15) is 0 Å². The highest BCUT2D eigenvalue weighted by atomic mass is 16.5. The number of rotatable bonds is 8. The highest BCUT2D eigenvalue weighted by molar-refractivity contribution is 4.83. The molecule has 3 atom stereocenters. The van der Waals surface area contributed by atoms with E-state index in [-0.39, 0.29) is 0 Å². The second kappa shape index (κ2) is 7.86. The molecule has 0 spiro atoms. The van der Waals surface area contributed by atoms with Gasteiger partial charge in [-0.25, -0.2) is 0 Å². The van der Waals surface area contributed by atoms with E-state index < -0.39 is 0 Å². The minimum absolute atomic E-state index is 0.454. The van der Waals surface area contributed by atoms with Crippen LogP contribution >= 0.6 is 0 Å². The molecule has 1 rings (SSSR count). The van der Waals surface area contributed by atoms with Crippen LogP contribution in [0.15, 0.2) is 12.7 Å². The van der Waals surface area contributed by atoms with Crippen LogP contribution in [0, 0.1) is 5.92 Å². The van der Waals surface area contributed by atoms with Crippen molar-refractivity contribution in [2.75, 3.05) is 13.2 Å². The maximum Gasteiger partial charge on any atom is 0.0551 e. The smallest absolute Gasteiger partial charge is 0.0551 e. The van der Waals surface area contributed by atoms with E-state index in [0.717, 1.165) is 19.6 Å². The molecule has 0 saturated carbocycles. The van der Waals surface area contributed by atoms with Crippen molar-refractivity contribution in [3.8, 4) is 0 Å². The van der Waals surface area contributed by atoms with Gasteiger partial charge in [-0.1, -0.05) is 13.0 Å². The molecule has 0 amide bonds. The number of unbranched alkanes of at least 4 members (excludes halogenated alkanes) is 1. The Kier molecular flexibility index (Phi) is 6.74. The summed E-state index contributed by atoms with van der Waals surface area (Å²) in [5.74, 6) is 0.714. The first-order valence-corrected chi connectivity index (χ1v) is 6.73. The monoisotopic (exact) mass is 225 g/mol. The average Bonchev–Trinajstić information content (AvgIpc) is 2.70. The molecular formula is C14H27NO. The lowest BCUT2D eigenvalue weighted by Crippen LogP contribution is -2.37. The summed E-state index contributed by atoms with van der Waals surface area (Å²) in [6.07, 6.45) is 8.53. The van der Waals surface area contributed by atoms with Gasteiger partial charge in [-0.3, -0.25) is 0 Å². The van der Waals surface area contributed by atoms with Crippen LogP contribution in [0.4, 0.5) is 0 Å². The zero-order valence-corrected chi connectivity index (χ0v) is 10.9. The van der Waals surface area contributed by atoms with Crippen molar-refractivity contribution < 1.29 is 4.74 Å². The second-order valence-corrected chi connectivity index (χ2v) is 4.92. The lowest BCUT2D eigenvalue weighted by atomic mass is 9.92. The van der Waals surface area contributed by atoms with Crippen LogP contribution in [-0.2, 0) is 4.74 Å². The van der Waals surface area contributed by atoms with Crippen LogP contribution in [0.3, 0.4) is 0 Å². The van der Waals surface area contributed by atoms with E-state index in [0.29, 0.717) is 18.1 Å². The number of hydrogen-bond acceptors (Lipinski definition) is 2. The van der Waals surface area contributed by atoms with E-state index in [1.165, 1.54) is 25.7 Å². The molecular weight excluding hydrogens is 198 g/mol. The van der Waals surface area contributed by atoms with Crippen molar-refractivity contribution in [3.63, 3.8) is 0 Å². The fraction of sp³-hybridized carbons (Fsp3) is 0.857. The molecule has 94 valence electrons. The molecule has 1 aliphatic rings. The molecule has 1 fully saturated rings. The lowest BCUT2D eigenvalue weighted by Gasteiger charge is -2.23. The van der Waals surface area contributed by atoms with E-state index in [4.69, 9.17) is 4.74 Å². The fourth-order valence-electron chi connectivity index (χ4n) is 2.45. The molecule has 0 bridgehead atoms. The third-order valence-electron chi connectivity index (χ3n) is 3.38. The van der Waals surface area contributed by atoms with Crippen molar-refractivity contribution in [1.29, 1.82) is 0 Å². The van der Waals surface area contributed by atoms with E-state index >= 15 is 0 Å². The van der Waals surface area contributed by atoms with Gasteiger partial charge in [0.1, 0.15) is 0 Å². The molecule has 1 heterocycles. The molecule has 16 heavy (non-hydrogen) atoms. The standard InChI is InChI=1S/C14H27NO/c1-4-6-7-8-14(15-9-5-2)13-10-12(3)16-11-13/h4,12-15H,1,5-11H2,2-3H3. The minimum atomic E-state index is 0.454. The maximum absolute atomic E-state index is 5.67. The Morgan fingerprint density at radius 2 is 2.38 bits per heavy atom. The molecule has 0 aliphatic carbocycles. The van der Waals surface area contributed by atoms with Crippen molar-refractivity contribution in [2.24, 2.45) is 5.92 Å². The van der Waals surface area contributed by atoms with Gasteiger partial charge in [0.2, 0.25) is 0 Å². The highest BCUT2D eigenvalue weighted by Crippen LogP contribution is 2.25. The molecule has 0 aromatic heterocycles. The van der Waals surface area contributed by atoms with E-state index in [1.807, 2.05) is 6.08 Å². The summed E-state index contributed by atoms with van der Waals surface area (Å²) in [4.78, 5) is 0. The summed E-state index contributed by atoms with van der Waals surface area (Å²) in [6, 6.07) is 0.643. The Morgan fingerprint density at radius 3 is 2.94 bits per heavy atom. The number of hydrogen-bond donors (Lipinski definition) is 1. The third kappa shape index (κ3) is 4.67. The van der Waals surface area contributed by atoms with Gasteiger partial charge in [0.05, 0.1) is 12.7 Å². The van der Waals surface area contributed by atoms with Crippen LogP contribution in [0.25, 0.3) is 0 Å². The lowest BCUT2D eigenvalue weighted by molar-refractivity contribution is 0.116. The summed E-state index contributed by atoms with van der Waals surface area (Å²) in [5.41, 5.74) is 0. The van der Waals surface area contributed by atoms with E-state index in [2.05, 4.69) is 25.7 Å². The topological polar surface area (TPSA) is 21.3 Å². The van der Waals surface area contributed by atoms with E-state index in [1.54, 1.807) is 0 Å². The van der Waals surface area contributed by atoms with Gasteiger partial charge < -0.3 is 10.1 Å². The van der Waals surface area contributed by atoms with Gasteiger partial charge >= 0.3 is 0 Å². The van der Waals surface area contributed by atoms with Crippen LogP contribution in [0.1, 0.15) is 46.0 Å². The highest BCUT2D eigenvalue weighted by Gasteiger charge is 2.28. The molecule has 1 N–H and O–H groups in total. The summed E-state index contributed by atoms with van der Waals surface area (Å²) < 4.78 is 5.67. The van der Waals surface area contributed by atoms with Crippen molar-refractivity contribution in [1.82, 2.24) is 5.32 Å². The number of allylic oxidation sites excluding steroid dienone is 1. The van der Waals surface area contributed by atoms with Gasteiger partial charge in [0.15, 0.2) is 0 Å². The fourth-order valence-corrected chi connectivity index (χ4v) is 2.45. The predicted molar refractivity (Wildman–Crippen MR) is 69.7 cm³/mol. The molecule has 0 aromatic carbocycles. The average molecular weight is 225 g/mol. The van der Waals surface area contributed by atoms with Gasteiger partial charge in [-0.15, -0.1) is 6.58 Å². The quantitative estimate of drug-likeness (QED) is 0.506. The molecule has 0 aromatic rings. The van der Waals surface area contributed by atoms with Gasteiger partial charge in [0, 0.05) is 12.0 Å². The van der Waals surface area contributed by atoms with Crippen molar-refractivity contribution >= 4 is 0 Å². The molecule has 1 saturated heterocycles. The van der Waals surface area contributed by atoms with Crippen LogP contribution in [-0.4, -0.2) is 25.3 Å². The molecule has 2 heteroatoms. The van der Waals surface area contributed by atoms with Gasteiger partial charge in [-0.05, 0) is 45.6 Å². The number of ether oxygens (including phenoxy) is 1. The largest absolute Gasteiger partial charge is 0.378 e. The summed E-state index contributed by atoms with van der Waals surface area (Å²) >= 11 is 0. The Balaban J connectivity index is 2.33. The van der Waals surface area contributed by atoms with Gasteiger partial charge in [0.25, 0.3) is 0 Å². The maximum atomic E-state index is 5.67. The van der Waals surface area contributed by atoms with Crippen molar-refractivity contribution in [3.05, 3.63) is 12.7 Å². The molecule has 1 aliphatic heterocycles. The first-order chi connectivity index (χ1) is 7.77. The predicted octanol–water partition coefficient (Wildman–Crippen LogP) is 3.14. The molecule has 0 radical (unpaired) electrons. The Morgan fingerprint density at radius 1 is 1.56 bits per heavy atom. The molecule has 3 unspecified atom stereocenters. The summed E-state index contributed by atoms with van der Waals surface area (Å²) in [5, 5.41) is 3.68. The van der Waals surface area contributed by atoms with E-state index in [9.17, 15) is 0 Å². The Bertz CT molecular complexity index is 193. The van der Waals surface area contributed by atoms with Crippen LogP contribution in [0.2, 0.25) is 0 Å². The third-order valence-corrected chi connectivity index (χ3v) is 3.38. The second-order valence-electron chi connectivity index (χ2n) is 4.92. The Hall–Kier alpha value is -0.340. The Labute approximate surface area is 100 Å². The SMILES string of the molecule is C=CCCCC(NCCC)C1COC(C)C1. The summed E-state index contributed by atoms with van der Waals surface area (Å²) in [6.45, 7) is 10.3.